The van der Waals surface area contributed by atoms with Gasteiger partial charge in [0, 0.05) is 17.8 Å². The molecule has 2 rings (SSSR count). The Morgan fingerprint density at radius 3 is 2.62 bits per heavy atom. The fraction of sp³-hybridized carbons (Fsp3) is 0.615. The third-order valence-electron chi connectivity index (χ3n) is 2.95. The number of rotatable bonds is 2. The van der Waals surface area contributed by atoms with Crippen LogP contribution in [0.3, 0.4) is 0 Å². The molecular weight excluding hydrogens is 287 g/mol. The van der Waals surface area contributed by atoms with E-state index in [1.807, 2.05) is 32.7 Å². The molecule has 0 fully saturated rings. The number of carboxylic acids is 1. The van der Waals surface area contributed by atoms with E-state index < -0.39 is 17.6 Å². The van der Waals surface area contributed by atoms with Crippen molar-refractivity contribution in [3.63, 3.8) is 0 Å². The number of esters is 1. The van der Waals surface area contributed by atoms with E-state index in [2.05, 4.69) is 4.98 Å². The van der Waals surface area contributed by atoms with Gasteiger partial charge >= 0.3 is 30.8 Å². The smallest absolute Gasteiger partial charge is 1.00 e. The van der Waals surface area contributed by atoms with Gasteiger partial charge in [-0.1, -0.05) is 0 Å². The van der Waals surface area contributed by atoms with E-state index in [1.165, 1.54) is 11.3 Å². The van der Waals surface area contributed by atoms with Gasteiger partial charge in [0.05, 0.1) is 5.69 Å². The van der Waals surface area contributed by atoms with E-state index in [9.17, 15) is 9.59 Å². The zero-order valence-corrected chi connectivity index (χ0v) is 13.8. The van der Waals surface area contributed by atoms with Gasteiger partial charge in [0.25, 0.3) is 0 Å². The van der Waals surface area contributed by atoms with Crippen LogP contribution in [0.5, 0.6) is 0 Å². The van der Waals surface area contributed by atoms with Crippen molar-refractivity contribution >= 4 is 23.3 Å². The molecule has 1 N–H and O–H groups in total. The summed E-state index contributed by atoms with van der Waals surface area (Å²) < 4.78 is 5.40. The van der Waals surface area contributed by atoms with Gasteiger partial charge in [0.2, 0.25) is 5.01 Å². The number of carbonyl (C=O) groups excluding carboxylic acids is 1. The fourth-order valence-electron chi connectivity index (χ4n) is 2.07. The average molecular weight is 306 g/mol. The molecule has 1 atom stereocenters. The Labute approximate surface area is 141 Å². The fourth-order valence-corrected chi connectivity index (χ4v) is 3.06. The van der Waals surface area contributed by atoms with Crippen molar-refractivity contribution in [2.24, 2.45) is 0 Å². The van der Waals surface area contributed by atoms with Gasteiger partial charge in [0.15, 0.2) is 0 Å². The number of hydrogen-bond acceptors (Lipinski definition) is 6. The monoisotopic (exact) mass is 306 g/mol. The van der Waals surface area contributed by atoms with Gasteiger partial charge in [-0.25, -0.2) is 9.78 Å². The Morgan fingerprint density at radius 1 is 1.48 bits per heavy atom. The second-order valence-corrected chi connectivity index (χ2v) is 6.95. The Morgan fingerprint density at radius 2 is 2.10 bits per heavy atom. The maximum atomic E-state index is 12.2. The Hall–Kier alpha value is -0.873. The maximum Gasteiger partial charge on any atom is 1.00 e. The minimum atomic E-state index is -1.03. The molecule has 0 saturated heterocycles. The molecule has 21 heavy (non-hydrogen) atoms. The first kappa shape index (κ1) is 18.2. The summed E-state index contributed by atoms with van der Waals surface area (Å²) in [7, 11) is 1.83. The molecule has 6 nitrogen and oxygen atoms in total. The summed E-state index contributed by atoms with van der Waals surface area (Å²) in [5.41, 5.74) is 0.160. The number of hydrogen-bond donors (Lipinski definition) is 1. The van der Waals surface area contributed by atoms with E-state index in [1.54, 1.807) is 0 Å². The quantitative estimate of drug-likeness (QED) is 0.538. The first-order chi connectivity index (χ1) is 9.17. The zero-order valence-electron chi connectivity index (χ0n) is 14.0. The second-order valence-electron chi connectivity index (χ2n) is 5.86. The number of carboxylic acid groups (broad SMARTS) is 1. The first-order valence-corrected chi connectivity index (χ1v) is 7.14. The summed E-state index contributed by atoms with van der Waals surface area (Å²) in [4.78, 5) is 30.0. The van der Waals surface area contributed by atoms with Crippen molar-refractivity contribution in [3.8, 4) is 0 Å². The van der Waals surface area contributed by atoms with Crippen molar-refractivity contribution < 1.29 is 39.7 Å². The molecule has 8 heteroatoms. The normalized spacial score (nSPS) is 18.6. The summed E-state index contributed by atoms with van der Waals surface area (Å²) in [5.74, 6) is -1.32. The molecule has 0 amide bonds. The summed E-state index contributed by atoms with van der Waals surface area (Å²) >= 11 is 1.17. The molecule has 1 unspecified atom stereocenters. The molecule has 0 aromatic carbocycles. The molecule has 0 spiro atoms. The van der Waals surface area contributed by atoms with Gasteiger partial charge in [-0.2, -0.15) is 0 Å². The predicted molar refractivity (Wildman–Crippen MR) is 75.0 cm³/mol. The van der Waals surface area contributed by atoms with E-state index in [0.717, 1.165) is 4.88 Å². The maximum absolute atomic E-state index is 12.2. The Kier molecular flexibility index (Phi) is 5.61. The zero-order chi connectivity index (χ0) is 15.1. The van der Waals surface area contributed by atoms with Gasteiger partial charge in [0.1, 0.15) is 11.6 Å². The minimum absolute atomic E-state index is 0. The van der Waals surface area contributed by atoms with Crippen LogP contribution in [0.1, 0.15) is 42.6 Å². The third kappa shape index (κ3) is 4.30. The van der Waals surface area contributed by atoms with Crippen LogP contribution in [-0.2, 0) is 22.5 Å². The van der Waals surface area contributed by atoms with Crippen molar-refractivity contribution in [1.29, 1.82) is 0 Å². The molecule has 0 saturated carbocycles. The number of ether oxygens (including phenoxy) is 1. The topological polar surface area (TPSA) is 79.7 Å². The molecule has 0 aliphatic carbocycles. The molecule has 0 bridgehead atoms. The first-order valence-electron chi connectivity index (χ1n) is 6.32. The molecule has 1 aliphatic heterocycles. The van der Waals surface area contributed by atoms with Gasteiger partial charge in [-0.3, -0.25) is 9.69 Å². The number of thiazole rings is 1. The van der Waals surface area contributed by atoms with Gasteiger partial charge in [-0.15, -0.1) is 11.3 Å². The average Bonchev–Trinajstić information content (AvgIpc) is 2.68. The van der Waals surface area contributed by atoms with Crippen LogP contribution >= 0.6 is 11.3 Å². The van der Waals surface area contributed by atoms with Crippen LogP contribution in [0.2, 0.25) is 0 Å². The largest absolute Gasteiger partial charge is 1.00 e. The summed E-state index contributed by atoms with van der Waals surface area (Å²) in [5, 5.41) is 9.05. The second kappa shape index (κ2) is 6.49. The van der Waals surface area contributed by atoms with Crippen molar-refractivity contribution in [2.75, 3.05) is 7.05 Å². The van der Waals surface area contributed by atoms with E-state index in [4.69, 9.17) is 9.84 Å². The van der Waals surface area contributed by atoms with Crippen LogP contribution < -0.4 is 18.9 Å². The van der Waals surface area contributed by atoms with E-state index in [0.29, 0.717) is 18.7 Å². The van der Waals surface area contributed by atoms with Crippen LogP contribution in [0.15, 0.2) is 0 Å². The van der Waals surface area contributed by atoms with Crippen molar-refractivity contribution in [3.05, 3.63) is 15.6 Å². The molecule has 0 radical (unpaired) electrons. The molecule has 1 aliphatic rings. The standard InChI is InChI=1S/C13H18N2O4S.Li.H/c1-13(2,3)19-12(18)8-5-7-9(6-15(8)4)20-10(14-7)11(16)17;;/h8H,5-6H2,1-4H3,(H,16,17);;/q;+1;-1. The Bertz CT molecular complexity index is 559. The molecule has 1 aromatic rings. The summed E-state index contributed by atoms with van der Waals surface area (Å²) in [6.45, 7) is 5.99. The van der Waals surface area contributed by atoms with Crippen molar-refractivity contribution in [2.45, 2.75) is 45.4 Å². The van der Waals surface area contributed by atoms with Crippen molar-refractivity contribution in [1.82, 2.24) is 9.88 Å². The SMILES string of the molecule is CN1Cc2sc(C(=O)O)nc2CC1C(=O)OC(C)(C)C.[H-].[Li+]. The molecule has 112 valence electrons. The number of aromatic nitrogens is 1. The van der Waals surface area contributed by atoms with Gasteiger partial charge < -0.3 is 11.3 Å². The number of likely N-dealkylation sites (N-methyl/N-ethyl adjacent to an activating group) is 1. The molecular formula is C13H19LiN2O4S. The number of aromatic carboxylic acids is 1. The van der Waals surface area contributed by atoms with Gasteiger partial charge in [-0.05, 0) is 27.8 Å². The Balaban J connectivity index is 0.00000220. The summed E-state index contributed by atoms with van der Waals surface area (Å²) in [6.07, 6.45) is 0.393. The molecule has 2 heterocycles. The third-order valence-corrected chi connectivity index (χ3v) is 4.02. The van der Waals surface area contributed by atoms with E-state index in [-0.39, 0.29) is 31.3 Å². The predicted octanol–water partition coefficient (Wildman–Crippen LogP) is -1.34. The van der Waals surface area contributed by atoms with Crippen LogP contribution in [0, 0.1) is 0 Å². The number of carbonyl (C=O) groups is 2. The summed E-state index contributed by atoms with van der Waals surface area (Å²) in [6, 6.07) is -0.412. The number of nitrogens with zero attached hydrogens (tertiary/aromatic N) is 2. The van der Waals surface area contributed by atoms with Crippen LogP contribution in [0.4, 0.5) is 0 Å². The number of fused-ring (bicyclic) bond motifs is 1. The van der Waals surface area contributed by atoms with Crippen LogP contribution in [-0.4, -0.2) is 45.6 Å². The molecule has 1 aromatic heterocycles. The van der Waals surface area contributed by atoms with Crippen LogP contribution in [0.25, 0.3) is 0 Å². The minimum Gasteiger partial charge on any atom is -1.00 e. The van der Waals surface area contributed by atoms with E-state index >= 15 is 0 Å².